The number of nitrogens with zero attached hydrogens (tertiary/aromatic N) is 3. The maximum atomic E-state index is 13.9. The molecule has 2 heterocycles. The van der Waals surface area contributed by atoms with E-state index in [0.29, 0.717) is 30.9 Å². The van der Waals surface area contributed by atoms with E-state index in [-0.39, 0.29) is 37.9 Å². The van der Waals surface area contributed by atoms with Crippen molar-refractivity contribution in [3.63, 3.8) is 0 Å². The minimum absolute atomic E-state index is 0.0220. The van der Waals surface area contributed by atoms with Gasteiger partial charge in [0.2, 0.25) is 11.8 Å². The first kappa shape index (κ1) is 30.2. The number of benzene rings is 3. The highest BCUT2D eigenvalue weighted by atomic mass is 16.3. The number of para-hydroxylation sites is 1. The zero-order valence-electron chi connectivity index (χ0n) is 24.4. The highest BCUT2D eigenvalue weighted by Crippen LogP contribution is 2.45. The van der Waals surface area contributed by atoms with Crippen LogP contribution in [0.15, 0.2) is 91.0 Å². The Morgan fingerprint density at radius 1 is 1.02 bits per heavy atom. The zero-order valence-corrected chi connectivity index (χ0v) is 24.4. The van der Waals surface area contributed by atoms with Crippen molar-refractivity contribution in [1.29, 1.82) is 0 Å². The highest BCUT2D eigenvalue weighted by molar-refractivity contribution is 6.07. The zero-order chi connectivity index (χ0) is 30.4. The second-order valence-corrected chi connectivity index (χ2v) is 11.0. The van der Waals surface area contributed by atoms with Gasteiger partial charge in [0.05, 0.1) is 25.4 Å². The molecule has 1 fully saturated rings. The summed E-state index contributed by atoms with van der Waals surface area (Å²) in [7, 11) is 0. The van der Waals surface area contributed by atoms with Crippen LogP contribution in [0.25, 0.3) is 0 Å². The average Bonchev–Trinajstić information content (AvgIpc) is 3.24. The average molecular weight is 583 g/mol. The van der Waals surface area contributed by atoms with Gasteiger partial charge >= 0.3 is 0 Å². The summed E-state index contributed by atoms with van der Waals surface area (Å²) < 4.78 is 0. The molecule has 5 rings (SSSR count). The van der Waals surface area contributed by atoms with Gasteiger partial charge in [0, 0.05) is 49.8 Å². The van der Waals surface area contributed by atoms with Gasteiger partial charge in [-0.2, -0.15) is 0 Å². The quantitative estimate of drug-likeness (QED) is 0.300. The van der Waals surface area contributed by atoms with Crippen LogP contribution in [0.2, 0.25) is 0 Å². The molecule has 0 bridgehead atoms. The lowest BCUT2D eigenvalue weighted by Gasteiger charge is -2.28. The van der Waals surface area contributed by atoms with E-state index >= 15 is 0 Å². The first-order valence-electron chi connectivity index (χ1n) is 14.7. The van der Waals surface area contributed by atoms with E-state index < -0.39 is 17.4 Å². The van der Waals surface area contributed by atoms with E-state index in [4.69, 9.17) is 0 Å². The normalized spacial score (nSPS) is 19.1. The summed E-state index contributed by atoms with van der Waals surface area (Å²) in [5, 5.41) is 24.5. The molecule has 9 nitrogen and oxygen atoms in total. The highest BCUT2D eigenvalue weighted by Gasteiger charge is 2.52. The summed E-state index contributed by atoms with van der Waals surface area (Å²) in [5.41, 5.74) is 2.03. The van der Waals surface area contributed by atoms with Crippen molar-refractivity contribution in [2.24, 2.45) is 5.92 Å². The second-order valence-electron chi connectivity index (χ2n) is 11.0. The van der Waals surface area contributed by atoms with Gasteiger partial charge in [-0.25, -0.2) is 0 Å². The molecular weight excluding hydrogens is 544 g/mol. The van der Waals surface area contributed by atoms with Crippen LogP contribution in [-0.2, 0) is 33.1 Å². The fourth-order valence-corrected chi connectivity index (χ4v) is 5.76. The number of nitrogens with one attached hydrogen (secondary N) is 1. The van der Waals surface area contributed by atoms with Gasteiger partial charge in [0.15, 0.2) is 5.60 Å². The molecule has 0 radical (unpaired) electrons. The van der Waals surface area contributed by atoms with Crippen LogP contribution in [-0.4, -0.2) is 65.6 Å². The lowest BCUT2D eigenvalue weighted by Crippen LogP contribution is -2.48. The molecule has 2 aliphatic rings. The van der Waals surface area contributed by atoms with Crippen LogP contribution in [0.5, 0.6) is 0 Å². The molecule has 43 heavy (non-hydrogen) atoms. The van der Waals surface area contributed by atoms with Crippen molar-refractivity contribution < 1.29 is 24.6 Å². The smallest absolute Gasteiger partial charge is 0.264 e. The summed E-state index contributed by atoms with van der Waals surface area (Å²) in [6, 6.07) is 24.4. The third kappa shape index (κ3) is 6.39. The van der Waals surface area contributed by atoms with E-state index in [1.807, 2.05) is 66.7 Å². The number of aliphatic hydroxyl groups is 2. The minimum Gasteiger partial charge on any atom is -0.395 e. The Kier molecular flexibility index (Phi) is 9.35. The van der Waals surface area contributed by atoms with Gasteiger partial charge in [-0.1, -0.05) is 79.7 Å². The minimum atomic E-state index is -1.79. The molecule has 0 aromatic heterocycles. The summed E-state index contributed by atoms with van der Waals surface area (Å²) in [5.74, 6) is -1.17. The van der Waals surface area contributed by atoms with Crippen LogP contribution in [0.1, 0.15) is 30.0 Å². The van der Waals surface area contributed by atoms with Gasteiger partial charge in [0.1, 0.15) is 0 Å². The van der Waals surface area contributed by atoms with Crippen molar-refractivity contribution in [2.45, 2.75) is 32.0 Å². The SMILES string of the molecule is C[C@H](/C=C/CC(=O)N(CCO)Cc1ccccc1)[C@@]1(O)C(=O)N(Cc2ccc(N3CCNCC3=O)cc2)c2ccccc21. The molecule has 3 aromatic carbocycles. The lowest BCUT2D eigenvalue weighted by molar-refractivity contribution is -0.139. The fraction of sp³-hybridized carbons (Fsp3) is 0.324. The van der Waals surface area contributed by atoms with Crippen molar-refractivity contribution in [3.05, 3.63) is 108 Å². The molecular formula is C34H38N4O5. The van der Waals surface area contributed by atoms with Gasteiger partial charge in [-0.15, -0.1) is 0 Å². The molecule has 3 N–H and O–H groups in total. The Hall–Kier alpha value is -4.31. The molecule has 3 amide bonds. The predicted molar refractivity (Wildman–Crippen MR) is 165 cm³/mol. The van der Waals surface area contributed by atoms with E-state index in [2.05, 4.69) is 5.32 Å². The maximum absolute atomic E-state index is 13.9. The van der Waals surface area contributed by atoms with E-state index in [9.17, 15) is 24.6 Å². The van der Waals surface area contributed by atoms with Crippen LogP contribution in [0.3, 0.4) is 0 Å². The molecule has 0 aliphatic carbocycles. The Morgan fingerprint density at radius 3 is 2.47 bits per heavy atom. The number of hydrogen-bond donors (Lipinski definition) is 3. The van der Waals surface area contributed by atoms with E-state index in [1.54, 1.807) is 45.9 Å². The molecule has 2 aliphatic heterocycles. The molecule has 0 unspecified atom stereocenters. The van der Waals surface area contributed by atoms with Crippen LogP contribution in [0, 0.1) is 5.92 Å². The number of carbonyl (C=O) groups excluding carboxylic acids is 3. The number of hydrogen-bond acceptors (Lipinski definition) is 6. The number of anilines is 2. The predicted octanol–water partition coefficient (Wildman–Crippen LogP) is 2.96. The Morgan fingerprint density at radius 2 is 1.74 bits per heavy atom. The van der Waals surface area contributed by atoms with Gasteiger partial charge in [0.25, 0.3) is 5.91 Å². The maximum Gasteiger partial charge on any atom is 0.264 e. The summed E-state index contributed by atoms with van der Waals surface area (Å²) in [4.78, 5) is 44.1. The van der Waals surface area contributed by atoms with Crippen molar-refractivity contribution in [1.82, 2.24) is 10.2 Å². The standard InChI is InChI=1S/C34H38N4O5/c1-25(8-7-13-31(40)36(20-21-39)23-26-9-3-2-4-10-26)34(43)29-11-5-6-12-30(29)38(33(34)42)24-27-14-16-28(17-15-27)37-19-18-35-22-32(37)41/h2-12,14-17,25,35,39,43H,13,18-24H2,1H3/b8-7+/t25-,34+/m1/s1. The van der Waals surface area contributed by atoms with E-state index in [0.717, 1.165) is 23.4 Å². The topological polar surface area (TPSA) is 113 Å². The van der Waals surface area contributed by atoms with E-state index in [1.165, 1.54) is 0 Å². The number of amides is 3. The molecule has 9 heteroatoms. The number of rotatable bonds is 11. The molecule has 1 saturated heterocycles. The number of piperazine rings is 1. The van der Waals surface area contributed by atoms with Crippen LogP contribution in [0.4, 0.5) is 11.4 Å². The first-order valence-corrected chi connectivity index (χ1v) is 14.7. The molecule has 2 atom stereocenters. The third-order valence-electron chi connectivity index (χ3n) is 8.17. The summed E-state index contributed by atoms with van der Waals surface area (Å²) in [6.45, 7) is 4.15. The Labute approximate surface area is 252 Å². The summed E-state index contributed by atoms with van der Waals surface area (Å²) >= 11 is 0. The van der Waals surface area contributed by atoms with Gasteiger partial charge in [-0.05, 0) is 29.3 Å². The Bertz CT molecular complexity index is 1480. The third-order valence-corrected chi connectivity index (χ3v) is 8.17. The monoisotopic (exact) mass is 582 g/mol. The molecule has 0 saturated carbocycles. The first-order chi connectivity index (χ1) is 20.8. The van der Waals surface area contributed by atoms with Gasteiger partial charge in [-0.3, -0.25) is 14.4 Å². The van der Waals surface area contributed by atoms with Crippen LogP contribution < -0.4 is 15.1 Å². The van der Waals surface area contributed by atoms with Crippen molar-refractivity contribution in [3.8, 4) is 0 Å². The molecule has 3 aromatic rings. The second kappa shape index (κ2) is 13.3. The van der Waals surface area contributed by atoms with Crippen molar-refractivity contribution in [2.75, 3.05) is 42.6 Å². The Balaban J connectivity index is 1.28. The largest absolute Gasteiger partial charge is 0.395 e. The van der Waals surface area contributed by atoms with Crippen LogP contribution >= 0.6 is 0 Å². The fourth-order valence-electron chi connectivity index (χ4n) is 5.76. The lowest BCUT2D eigenvalue weighted by atomic mass is 9.83. The summed E-state index contributed by atoms with van der Waals surface area (Å²) in [6.07, 6.45) is 3.48. The number of aliphatic hydroxyl groups excluding tert-OH is 1. The van der Waals surface area contributed by atoms with Crippen molar-refractivity contribution >= 4 is 29.1 Å². The number of fused-ring (bicyclic) bond motifs is 1. The number of carbonyl (C=O) groups is 3. The molecule has 224 valence electrons. The van der Waals surface area contributed by atoms with Gasteiger partial charge < -0.3 is 30.2 Å². The molecule has 0 spiro atoms.